The van der Waals surface area contributed by atoms with Gasteiger partial charge in [-0.05, 0) is 43.0 Å². The number of benzene rings is 1. The van der Waals surface area contributed by atoms with Gasteiger partial charge >= 0.3 is 0 Å². The molecule has 6 heteroatoms. The summed E-state index contributed by atoms with van der Waals surface area (Å²) in [6.45, 7) is 0.348. The third-order valence-corrected chi connectivity index (χ3v) is 5.07. The van der Waals surface area contributed by atoms with Crippen LogP contribution in [-0.4, -0.2) is 21.0 Å². The van der Waals surface area contributed by atoms with Gasteiger partial charge in [-0.3, -0.25) is 0 Å². The summed E-state index contributed by atoms with van der Waals surface area (Å²) >= 11 is 0. The first-order valence-electron chi connectivity index (χ1n) is 6.50. The standard InChI is InChI=1S/C13H19FN2O2S/c14-11-5-7-12(8-6-11)19(17,18)16-9-10-3-1-2-4-13(10)15/h5-8,10,13,16H,1-4,9,15H2. The predicted octanol–water partition coefficient (Wildman–Crippen LogP) is 1.62. The maximum absolute atomic E-state index is 12.8. The van der Waals surface area contributed by atoms with Gasteiger partial charge < -0.3 is 5.73 Å². The average molecular weight is 286 g/mol. The van der Waals surface area contributed by atoms with E-state index in [1.807, 2.05) is 0 Å². The van der Waals surface area contributed by atoms with Crippen LogP contribution in [0.5, 0.6) is 0 Å². The van der Waals surface area contributed by atoms with Gasteiger partial charge in [-0.2, -0.15) is 0 Å². The van der Waals surface area contributed by atoms with Crippen molar-refractivity contribution >= 4 is 10.0 Å². The van der Waals surface area contributed by atoms with Gasteiger partial charge in [0.05, 0.1) is 4.90 Å². The number of hydrogen-bond donors (Lipinski definition) is 2. The van der Waals surface area contributed by atoms with Gasteiger partial charge in [-0.25, -0.2) is 17.5 Å². The minimum absolute atomic E-state index is 0.0599. The highest BCUT2D eigenvalue weighted by atomic mass is 32.2. The Balaban J connectivity index is 1.99. The van der Waals surface area contributed by atoms with E-state index in [9.17, 15) is 12.8 Å². The fraction of sp³-hybridized carbons (Fsp3) is 0.538. The highest BCUT2D eigenvalue weighted by molar-refractivity contribution is 7.89. The summed E-state index contributed by atoms with van der Waals surface area (Å²) in [5, 5.41) is 0. The zero-order chi connectivity index (χ0) is 13.9. The van der Waals surface area contributed by atoms with E-state index in [-0.39, 0.29) is 16.9 Å². The first-order valence-corrected chi connectivity index (χ1v) is 7.98. The van der Waals surface area contributed by atoms with Crippen molar-refractivity contribution in [3.8, 4) is 0 Å². The third-order valence-electron chi connectivity index (χ3n) is 3.63. The normalized spacial score (nSPS) is 24.3. The van der Waals surface area contributed by atoms with E-state index < -0.39 is 15.8 Å². The molecule has 2 unspecified atom stereocenters. The van der Waals surface area contributed by atoms with Crippen LogP contribution in [0.1, 0.15) is 25.7 Å². The number of rotatable bonds is 4. The number of sulfonamides is 1. The van der Waals surface area contributed by atoms with E-state index in [1.165, 1.54) is 12.1 Å². The summed E-state index contributed by atoms with van der Waals surface area (Å²) in [6.07, 6.45) is 4.11. The van der Waals surface area contributed by atoms with E-state index in [4.69, 9.17) is 5.73 Å². The Morgan fingerprint density at radius 1 is 1.21 bits per heavy atom. The lowest BCUT2D eigenvalue weighted by molar-refractivity contribution is 0.308. The van der Waals surface area contributed by atoms with Gasteiger partial charge in [-0.15, -0.1) is 0 Å². The Labute approximate surface area is 113 Å². The molecule has 4 nitrogen and oxygen atoms in total. The van der Waals surface area contributed by atoms with Crippen molar-refractivity contribution in [2.45, 2.75) is 36.6 Å². The Morgan fingerprint density at radius 3 is 2.47 bits per heavy atom. The second-order valence-corrected chi connectivity index (χ2v) is 6.78. The molecule has 106 valence electrons. The minimum atomic E-state index is -3.57. The summed E-state index contributed by atoms with van der Waals surface area (Å²) in [6, 6.07) is 4.86. The molecule has 2 rings (SSSR count). The minimum Gasteiger partial charge on any atom is -0.327 e. The van der Waals surface area contributed by atoms with E-state index in [0.717, 1.165) is 37.8 Å². The Kier molecular flexibility index (Phi) is 4.54. The second kappa shape index (κ2) is 5.98. The van der Waals surface area contributed by atoms with Crippen LogP contribution in [0.3, 0.4) is 0 Å². The highest BCUT2D eigenvalue weighted by Gasteiger charge is 2.24. The monoisotopic (exact) mass is 286 g/mol. The smallest absolute Gasteiger partial charge is 0.240 e. The second-order valence-electron chi connectivity index (χ2n) is 5.01. The van der Waals surface area contributed by atoms with E-state index in [0.29, 0.717) is 6.54 Å². The molecule has 1 fully saturated rings. The molecule has 0 spiro atoms. The fourth-order valence-corrected chi connectivity index (χ4v) is 3.50. The molecule has 0 radical (unpaired) electrons. The molecule has 0 saturated heterocycles. The molecule has 1 saturated carbocycles. The maximum atomic E-state index is 12.8. The van der Waals surface area contributed by atoms with Crippen molar-refractivity contribution in [2.75, 3.05) is 6.54 Å². The van der Waals surface area contributed by atoms with Gasteiger partial charge in [0.1, 0.15) is 5.82 Å². The molecule has 0 aromatic heterocycles. The first-order chi connectivity index (χ1) is 8.99. The van der Waals surface area contributed by atoms with Crippen LogP contribution in [0.4, 0.5) is 4.39 Å². The summed E-state index contributed by atoms with van der Waals surface area (Å²) < 4.78 is 39.4. The van der Waals surface area contributed by atoms with E-state index in [2.05, 4.69) is 4.72 Å². The molecule has 1 aliphatic carbocycles. The van der Waals surface area contributed by atoms with Crippen LogP contribution < -0.4 is 10.5 Å². The van der Waals surface area contributed by atoms with Crippen LogP contribution in [0.2, 0.25) is 0 Å². The Hall–Kier alpha value is -0.980. The summed E-state index contributed by atoms with van der Waals surface area (Å²) in [5.41, 5.74) is 5.98. The molecule has 0 aliphatic heterocycles. The summed E-state index contributed by atoms with van der Waals surface area (Å²) in [4.78, 5) is 0.0817. The molecule has 1 aromatic carbocycles. The van der Waals surface area contributed by atoms with Crippen molar-refractivity contribution in [1.29, 1.82) is 0 Å². The number of halogens is 1. The molecule has 0 amide bonds. The van der Waals surface area contributed by atoms with Gasteiger partial charge in [-0.1, -0.05) is 12.8 Å². The molecule has 1 aromatic rings. The quantitative estimate of drug-likeness (QED) is 0.883. The fourth-order valence-electron chi connectivity index (χ4n) is 2.40. The first kappa shape index (κ1) is 14.4. The molecule has 19 heavy (non-hydrogen) atoms. The molecule has 1 aliphatic rings. The zero-order valence-corrected chi connectivity index (χ0v) is 11.5. The van der Waals surface area contributed by atoms with Gasteiger partial charge in [0.15, 0.2) is 0 Å². The highest BCUT2D eigenvalue weighted by Crippen LogP contribution is 2.22. The van der Waals surface area contributed by atoms with E-state index >= 15 is 0 Å². The molecule has 3 N–H and O–H groups in total. The van der Waals surface area contributed by atoms with Gasteiger partial charge in [0.25, 0.3) is 0 Å². The number of hydrogen-bond acceptors (Lipinski definition) is 3. The van der Waals surface area contributed by atoms with Crippen LogP contribution in [-0.2, 0) is 10.0 Å². The molecular formula is C13H19FN2O2S. The van der Waals surface area contributed by atoms with Gasteiger partial charge in [0, 0.05) is 12.6 Å². The topological polar surface area (TPSA) is 72.2 Å². The molecule has 0 bridgehead atoms. The van der Waals surface area contributed by atoms with Crippen LogP contribution in [0.25, 0.3) is 0 Å². The lowest BCUT2D eigenvalue weighted by Gasteiger charge is -2.28. The number of nitrogens with one attached hydrogen (secondary N) is 1. The van der Waals surface area contributed by atoms with Crippen molar-refractivity contribution in [3.63, 3.8) is 0 Å². The average Bonchev–Trinajstić information content (AvgIpc) is 2.38. The molecular weight excluding hydrogens is 267 g/mol. The molecule has 2 atom stereocenters. The maximum Gasteiger partial charge on any atom is 0.240 e. The lowest BCUT2D eigenvalue weighted by Crippen LogP contribution is -2.41. The number of nitrogens with two attached hydrogens (primary N) is 1. The van der Waals surface area contributed by atoms with Crippen LogP contribution in [0, 0.1) is 11.7 Å². The Morgan fingerprint density at radius 2 is 1.84 bits per heavy atom. The van der Waals surface area contributed by atoms with Crippen molar-refractivity contribution < 1.29 is 12.8 Å². The largest absolute Gasteiger partial charge is 0.327 e. The van der Waals surface area contributed by atoms with Crippen molar-refractivity contribution in [2.24, 2.45) is 11.7 Å². The van der Waals surface area contributed by atoms with Gasteiger partial charge in [0.2, 0.25) is 10.0 Å². The summed E-state index contributed by atoms with van der Waals surface area (Å²) in [5.74, 6) is -0.266. The van der Waals surface area contributed by atoms with Crippen LogP contribution >= 0.6 is 0 Å². The van der Waals surface area contributed by atoms with Crippen LogP contribution in [0.15, 0.2) is 29.2 Å². The predicted molar refractivity (Wildman–Crippen MR) is 71.5 cm³/mol. The third kappa shape index (κ3) is 3.75. The van der Waals surface area contributed by atoms with Crippen molar-refractivity contribution in [3.05, 3.63) is 30.1 Å². The lowest BCUT2D eigenvalue weighted by atomic mass is 9.85. The molecule has 0 heterocycles. The summed E-state index contributed by atoms with van der Waals surface area (Å²) in [7, 11) is -3.57. The van der Waals surface area contributed by atoms with Crippen molar-refractivity contribution in [1.82, 2.24) is 4.72 Å². The Bertz CT molecular complexity index is 516. The zero-order valence-electron chi connectivity index (χ0n) is 10.7. The SMILES string of the molecule is NC1CCCCC1CNS(=O)(=O)c1ccc(F)cc1. The van der Waals surface area contributed by atoms with E-state index in [1.54, 1.807) is 0 Å².